The average molecular weight is 378 g/mol. The molecular weight excluding hydrogens is 352 g/mol. The highest BCUT2D eigenvalue weighted by atomic mass is 32.1. The van der Waals surface area contributed by atoms with E-state index in [2.05, 4.69) is 9.88 Å². The summed E-state index contributed by atoms with van der Waals surface area (Å²) in [6, 6.07) is 5.83. The van der Waals surface area contributed by atoms with E-state index in [1.54, 1.807) is 25.4 Å². The first-order valence-corrected chi connectivity index (χ1v) is 9.67. The lowest BCUT2D eigenvalue weighted by Gasteiger charge is -2.26. The van der Waals surface area contributed by atoms with Gasteiger partial charge >= 0.3 is 0 Å². The molecule has 0 bridgehead atoms. The van der Waals surface area contributed by atoms with Crippen molar-refractivity contribution in [2.75, 3.05) is 46.6 Å². The Morgan fingerprint density at radius 1 is 1.31 bits per heavy atom. The third-order valence-corrected chi connectivity index (χ3v) is 5.44. The first-order valence-electron chi connectivity index (χ1n) is 8.85. The molecule has 0 amide bonds. The lowest BCUT2D eigenvalue weighted by molar-refractivity contribution is 0.0321. The Kier molecular flexibility index (Phi) is 6.48. The molecule has 2 aromatic rings. The summed E-state index contributed by atoms with van der Waals surface area (Å²) in [5.74, 6) is 1.42. The van der Waals surface area contributed by atoms with Crippen LogP contribution in [-0.4, -0.2) is 61.6 Å². The fourth-order valence-corrected chi connectivity index (χ4v) is 3.95. The Balaban J connectivity index is 1.72. The van der Waals surface area contributed by atoms with Gasteiger partial charge in [0.2, 0.25) is 0 Å². The fraction of sp³-hybridized carbons (Fsp3) is 0.526. The van der Waals surface area contributed by atoms with Crippen molar-refractivity contribution in [1.82, 2.24) is 9.88 Å². The smallest absolute Gasteiger partial charge is 0.161 e. The number of hydrogen-bond donors (Lipinski definition) is 1. The number of ether oxygens (including phenoxy) is 3. The van der Waals surface area contributed by atoms with Crippen LogP contribution in [0.15, 0.2) is 18.2 Å². The summed E-state index contributed by atoms with van der Waals surface area (Å²) in [4.78, 5) is 7.94. The largest absolute Gasteiger partial charge is 0.493 e. The molecular formula is C19H26N2O4S. The number of benzene rings is 1. The minimum absolute atomic E-state index is 0.567. The summed E-state index contributed by atoms with van der Waals surface area (Å²) in [5, 5.41) is 10.7. The lowest BCUT2D eigenvalue weighted by Crippen LogP contribution is -2.38. The molecule has 1 unspecified atom stereocenters. The van der Waals surface area contributed by atoms with Crippen molar-refractivity contribution >= 4 is 11.3 Å². The number of nitrogens with zero attached hydrogens (tertiary/aromatic N) is 2. The van der Waals surface area contributed by atoms with Gasteiger partial charge in [-0.05, 0) is 32.0 Å². The Labute approximate surface area is 158 Å². The van der Waals surface area contributed by atoms with E-state index in [-0.39, 0.29) is 0 Å². The number of hydrogen-bond acceptors (Lipinski definition) is 7. The van der Waals surface area contributed by atoms with Crippen LogP contribution in [0, 0.1) is 6.92 Å². The molecule has 1 atom stereocenters. The summed E-state index contributed by atoms with van der Waals surface area (Å²) in [7, 11) is 1.64. The second-order valence-corrected chi connectivity index (χ2v) is 7.51. The molecule has 1 aromatic heterocycles. The van der Waals surface area contributed by atoms with Crippen molar-refractivity contribution in [1.29, 1.82) is 0 Å². The minimum atomic E-state index is -0.567. The van der Waals surface area contributed by atoms with Gasteiger partial charge in [0.25, 0.3) is 0 Å². The number of morpholine rings is 1. The van der Waals surface area contributed by atoms with Gasteiger partial charge in [-0.25, -0.2) is 4.98 Å². The normalized spacial score (nSPS) is 16.5. The molecule has 0 radical (unpaired) electrons. The Bertz CT molecular complexity index is 726. The van der Waals surface area contributed by atoms with E-state index in [0.29, 0.717) is 18.1 Å². The molecule has 1 aromatic carbocycles. The zero-order valence-corrected chi connectivity index (χ0v) is 16.3. The van der Waals surface area contributed by atoms with Crippen LogP contribution < -0.4 is 9.47 Å². The topological polar surface area (TPSA) is 64.0 Å². The molecule has 0 saturated carbocycles. The number of rotatable bonds is 7. The number of aliphatic hydroxyl groups is 1. The van der Waals surface area contributed by atoms with Gasteiger partial charge in [0.15, 0.2) is 11.5 Å². The average Bonchev–Trinajstić information content (AvgIpc) is 3.04. The van der Waals surface area contributed by atoms with Crippen molar-refractivity contribution < 1.29 is 19.3 Å². The van der Waals surface area contributed by atoms with Gasteiger partial charge < -0.3 is 19.3 Å². The molecule has 1 aliphatic heterocycles. The van der Waals surface area contributed by atoms with Gasteiger partial charge in [0.1, 0.15) is 11.6 Å². The van der Waals surface area contributed by atoms with E-state index < -0.39 is 6.10 Å². The van der Waals surface area contributed by atoms with Crippen molar-refractivity contribution in [3.63, 3.8) is 0 Å². The van der Waals surface area contributed by atoms with Gasteiger partial charge in [-0.15, -0.1) is 11.3 Å². The second-order valence-electron chi connectivity index (χ2n) is 6.30. The van der Waals surface area contributed by atoms with Crippen molar-refractivity contribution in [3.05, 3.63) is 28.8 Å². The maximum atomic E-state index is 9.83. The summed E-state index contributed by atoms with van der Waals surface area (Å²) < 4.78 is 16.8. The third-order valence-electron chi connectivity index (χ3n) is 4.41. The van der Waals surface area contributed by atoms with Crippen LogP contribution in [-0.2, 0) is 4.74 Å². The SMILES string of the molecule is COc1ccc(-c2nc(C(C)O)c(C)s2)cc1OCCN1CCOCC1. The molecule has 2 heterocycles. The number of aromatic nitrogens is 1. The van der Waals surface area contributed by atoms with E-state index in [4.69, 9.17) is 14.2 Å². The molecule has 1 saturated heterocycles. The molecule has 142 valence electrons. The van der Waals surface area contributed by atoms with E-state index in [1.165, 1.54) is 0 Å². The highest BCUT2D eigenvalue weighted by Crippen LogP contribution is 2.36. The van der Waals surface area contributed by atoms with E-state index in [0.717, 1.165) is 54.0 Å². The fourth-order valence-electron chi connectivity index (χ4n) is 2.95. The van der Waals surface area contributed by atoms with Gasteiger partial charge in [-0.2, -0.15) is 0 Å². The van der Waals surface area contributed by atoms with Crippen LogP contribution in [0.2, 0.25) is 0 Å². The van der Waals surface area contributed by atoms with Crippen molar-refractivity contribution in [2.45, 2.75) is 20.0 Å². The summed E-state index contributed by atoms with van der Waals surface area (Å²) in [6.07, 6.45) is -0.567. The summed E-state index contributed by atoms with van der Waals surface area (Å²) in [6.45, 7) is 8.63. The van der Waals surface area contributed by atoms with E-state index >= 15 is 0 Å². The van der Waals surface area contributed by atoms with Crippen molar-refractivity contribution in [3.8, 4) is 22.1 Å². The third kappa shape index (κ3) is 4.54. The molecule has 26 heavy (non-hydrogen) atoms. The molecule has 3 rings (SSSR count). The molecule has 7 heteroatoms. The van der Waals surface area contributed by atoms with Gasteiger partial charge in [0.05, 0.1) is 32.1 Å². The molecule has 1 N–H and O–H groups in total. The van der Waals surface area contributed by atoms with Gasteiger partial charge in [0, 0.05) is 30.1 Å². The Hall–Kier alpha value is -1.67. The van der Waals surface area contributed by atoms with Gasteiger partial charge in [-0.1, -0.05) is 0 Å². The maximum absolute atomic E-state index is 9.83. The van der Waals surface area contributed by atoms with Crippen LogP contribution in [0.3, 0.4) is 0 Å². The zero-order valence-electron chi connectivity index (χ0n) is 15.5. The van der Waals surface area contributed by atoms with Crippen LogP contribution in [0.25, 0.3) is 10.6 Å². The number of aliphatic hydroxyl groups excluding tert-OH is 1. The van der Waals surface area contributed by atoms with Crippen molar-refractivity contribution in [2.24, 2.45) is 0 Å². The lowest BCUT2D eigenvalue weighted by atomic mass is 10.2. The minimum Gasteiger partial charge on any atom is -0.493 e. The zero-order chi connectivity index (χ0) is 18.5. The predicted molar refractivity (Wildman–Crippen MR) is 102 cm³/mol. The Morgan fingerprint density at radius 2 is 2.08 bits per heavy atom. The molecule has 1 fully saturated rings. The highest BCUT2D eigenvalue weighted by Gasteiger charge is 2.16. The first-order chi connectivity index (χ1) is 12.6. The summed E-state index contributed by atoms with van der Waals surface area (Å²) >= 11 is 1.57. The van der Waals surface area contributed by atoms with Crippen LogP contribution in [0.1, 0.15) is 23.6 Å². The molecule has 0 spiro atoms. The quantitative estimate of drug-likeness (QED) is 0.799. The standard InChI is InChI=1S/C19H26N2O4S/c1-13(22)18-14(2)26-19(20-18)15-4-5-16(23-3)17(12-15)25-11-8-21-6-9-24-10-7-21/h4-5,12-13,22H,6-11H2,1-3H3. The van der Waals surface area contributed by atoms with Gasteiger partial charge in [-0.3, -0.25) is 4.90 Å². The predicted octanol–water partition coefficient (Wildman–Crippen LogP) is 2.89. The van der Waals surface area contributed by atoms with Crippen LogP contribution >= 0.6 is 11.3 Å². The van der Waals surface area contributed by atoms with E-state index in [9.17, 15) is 5.11 Å². The number of methoxy groups -OCH3 is 1. The van der Waals surface area contributed by atoms with E-state index in [1.807, 2.05) is 25.1 Å². The maximum Gasteiger partial charge on any atom is 0.161 e. The molecule has 6 nitrogen and oxygen atoms in total. The molecule has 1 aliphatic rings. The summed E-state index contributed by atoms with van der Waals surface area (Å²) in [5.41, 5.74) is 1.70. The second kappa shape index (κ2) is 8.81. The highest BCUT2D eigenvalue weighted by molar-refractivity contribution is 7.15. The Morgan fingerprint density at radius 3 is 2.73 bits per heavy atom. The first kappa shape index (κ1) is 19.1. The van der Waals surface area contributed by atoms with Crippen LogP contribution in [0.4, 0.5) is 0 Å². The monoisotopic (exact) mass is 378 g/mol. The van der Waals surface area contributed by atoms with Crippen LogP contribution in [0.5, 0.6) is 11.5 Å². The number of thiazole rings is 1. The molecule has 0 aliphatic carbocycles. The number of aryl methyl sites for hydroxylation is 1.